The number of nitrogens with zero attached hydrogens (tertiary/aromatic N) is 1. The molecule has 0 spiro atoms. The molecule has 1 aliphatic rings. The number of amides is 4. The van der Waals surface area contributed by atoms with Crippen LogP contribution in [0.15, 0.2) is 48.5 Å². The van der Waals surface area contributed by atoms with Gasteiger partial charge in [-0.3, -0.25) is 19.2 Å². The second-order valence-corrected chi connectivity index (χ2v) is 11.9. The lowest BCUT2D eigenvalue weighted by Gasteiger charge is -2.33. The Bertz CT molecular complexity index is 1260. The van der Waals surface area contributed by atoms with Crippen molar-refractivity contribution in [1.82, 2.24) is 20.9 Å². The first-order chi connectivity index (χ1) is 20.5. The van der Waals surface area contributed by atoms with Gasteiger partial charge in [0.1, 0.15) is 30.2 Å². The van der Waals surface area contributed by atoms with Gasteiger partial charge in [0.05, 0.1) is 25.1 Å². The Hall–Kier alpha value is -4.08. The Morgan fingerprint density at radius 2 is 1.74 bits per heavy atom. The SMILES string of the molecule is COc1cccc(CCNC(=O)[C@@H]2CC(=O)N[C@H](CC(C)C)C(=O)N(C)[C@@H](CC(C)C)COc3ccccc3C(=O)N2)c1. The molecule has 0 saturated heterocycles. The van der Waals surface area contributed by atoms with Crippen LogP contribution < -0.4 is 25.4 Å². The largest absolute Gasteiger partial charge is 0.497 e. The highest BCUT2D eigenvalue weighted by Gasteiger charge is 2.32. The Balaban J connectivity index is 1.88. The van der Waals surface area contributed by atoms with Gasteiger partial charge in [0, 0.05) is 13.6 Å². The maximum absolute atomic E-state index is 13.7. The van der Waals surface area contributed by atoms with E-state index in [1.165, 1.54) is 0 Å². The fourth-order valence-corrected chi connectivity index (χ4v) is 5.13. The number of benzene rings is 2. The summed E-state index contributed by atoms with van der Waals surface area (Å²) in [6, 6.07) is 12.1. The molecule has 0 bridgehead atoms. The predicted molar refractivity (Wildman–Crippen MR) is 165 cm³/mol. The molecule has 2 aromatic rings. The van der Waals surface area contributed by atoms with Crippen molar-refractivity contribution in [3.8, 4) is 11.5 Å². The van der Waals surface area contributed by atoms with Crippen molar-refractivity contribution in [2.75, 3.05) is 27.3 Å². The average molecular weight is 595 g/mol. The minimum Gasteiger partial charge on any atom is -0.497 e. The van der Waals surface area contributed by atoms with E-state index in [-0.39, 0.29) is 48.9 Å². The molecule has 234 valence electrons. The molecule has 43 heavy (non-hydrogen) atoms. The van der Waals surface area contributed by atoms with Gasteiger partial charge in [-0.15, -0.1) is 0 Å². The molecule has 3 N–H and O–H groups in total. The van der Waals surface area contributed by atoms with Crippen LogP contribution in [0.3, 0.4) is 0 Å². The smallest absolute Gasteiger partial charge is 0.255 e. The fraction of sp³-hybridized carbons (Fsp3) is 0.515. The monoisotopic (exact) mass is 594 g/mol. The van der Waals surface area contributed by atoms with Gasteiger partial charge in [0.15, 0.2) is 0 Å². The number of nitrogens with one attached hydrogen (secondary N) is 3. The molecule has 0 aromatic heterocycles. The van der Waals surface area contributed by atoms with Gasteiger partial charge in [-0.1, -0.05) is 52.0 Å². The molecule has 0 radical (unpaired) electrons. The second kappa shape index (κ2) is 16.0. The molecular weight excluding hydrogens is 548 g/mol. The molecule has 1 heterocycles. The van der Waals surface area contributed by atoms with Crippen LogP contribution in [0.4, 0.5) is 0 Å². The molecule has 1 aliphatic heterocycles. The Morgan fingerprint density at radius 1 is 1.02 bits per heavy atom. The zero-order valence-electron chi connectivity index (χ0n) is 26.1. The predicted octanol–water partition coefficient (Wildman–Crippen LogP) is 3.34. The van der Waals surface area contributed by atoms with Gasteiger partial charge < -0.3 is 30.3 Å². The van der Waals surface area contributed by atoms with E-state index >= 15 is 0 Å². The summed E-state index contributed by atoms with van der Waals surface area (Å²) < 4.78 is 11.4. The van der Waals surface area contributed by atoms with E-state index in [4.69, 9.17) is 9.47 Å². The molecule has 2 aromatic carbocycles. The van der Waals surface area contributed by atoms with E-state index in [9.17, 15) is 19.2 Å². The van der Waals surface area contributed by atoms with Crippen LogP contribution in [0.1, 0.15) is 62.9 Å². The summed E-state index contributed by atoms with van der Waals surface area (Å²) >= 11 is 0. The third-order valence-electron chi connectivity index (χ3n) is 7.40. The molecule has 10 nitrogen and oxygen atoms in total. The first-order valence-corrected chi connectivity index (χ1v) is 15.0. The van der Waals surface area contributed by atoms with Crippen molar-refractivity contribution >= 4 is 23.6 Å². The van der Waals surface area contributed by atoms with Crippen molar-refractivity contribution in [3.05, 3.63) is 59.7 Å². The molecule has 3 atom stereocenters. The lowest BCUT2D eigenvalue weighted by atomic mass is 9.99. The minimum absolute atomic E-state index is 0.128. The van der Waals surface area contributed by atoms with E-state index < -0.39 is 29.8 Å². The number of para-hydroxylation sites is 1. The third kappa shape index (κ3) is 10.0. The third-order valence-corrected chi connectivity index (χ3v) is 7.40. The summed E-state index contributed by atoms with van der Waals surface area (Å²) in [5, 5.41) is 8.43. The Morgan fingerprint density at radius 3 is 2.44 bits per heavy atom. The van der Waals surface area contributed by atoms with E-state index in [1.54, 1.807) is 43.3 Å². The van der Waals surface area contributed by atoms with E-state index in [0.717, 1.165) is 5.56 Å². The van der Waals surface area contributed by atoms with Crippen molar-refractivity contribution in [2.24, 2.45) is 11.8 Å². The van der Waals surface area contributed by atoms with Crippen molar-refractivity contribution in [1.29, 1.82) is 0 Å². The highest BCUT2D eigenvalue weighted by molar-refractivity contribution is 6.01. The maximum atomic E-state index is 13.7. The van der Waals surface area contributed by atoms with Crippen LogP contribution >= 0.6 is 0 Å². The molecule has 3 rings (SSSR count). The summed E-state index contributed by atoms with van der Waals surface area (Å²) in [5.74, 6) is -0.285. The summed E-state index contributed by atoms with van der Waals surface area (Å²) in [5.41, 5.74) is 1.21. The van der Waals surface area contributed by atoms with E-state index in [1.807, 2.05) is 38.1 Å². The summed E-state index contributed by atoms with van der Waals surface area (Å²) in [6.45, 7) is 8.56. The zero-order valence-corrected chi connectivity index (χ0v) is 26.1. The van der Waals surface area contributed by atoms with Crippen molar-refractivity contribution in [3.63, 3.8) is 0 Å². The molecular formula is C33H46N4O6. The van der Waals surface area contributed by atoms with Crippen LogP contribution in [0.5, 0.6) is 11.5 Å². The molecule has 0 aliphatic carbocycles. The quantitative estimate of drug-likeness (QED) is 0.409. The van der Waals surface area contributed by atoms with Crippen LogP contribution in [0, 0.1) is 11.8 Å². The number of carbonyl (C=O) groups is 4. The number of likely N-dealkylation sites (N-methyl/N-ethyl adjacent to an activating group) is 1. The van der Waals surface area contributed by atoms with Crippen LogP contribution in [-0.4, -0.2) is 74.0 Å². The number of fused-ring (bicyclic) bond motifs is 1. The van der Waals surface area contributed by atoms with E-state index in [2.05, 4.69) is 29.8 Å². The highest BCUT2D eigenvalue weighted by Crippen LogP contribution is 2.22. The Labute approximate surface area is 254 Å². The number of carbonyl (C=O) groups excluding carboxylic acids is 4. The minimum atomic E-state index is -1.17. The summed E-state index contributed by atoms with van der Waals surface area (Å²) in [7, 11) is 3.31. The van der Waals surface area contributed by atoms with E-state index in [0.29, 0.717) is 30.8 Å². The van der Waals surface area contributed by atoms with Gasteiger partial charge in [0.25, 0.3) is 5.91 Å². The summed E-state index contributed by atoms with van der Waals surface area (Å²) in [4.78, 5) is 55.5. The first-order valence-electron chi connectivity index (χ1n) is 15.0. The summed E-state index contributed by atoms with van der Waals surface area (Å²) in [6.07, 6.45) is 1.30. The van der Waals surface area contributed by atoms with Gasteiger partial charge in [0.2, 0.25) is 17.7 Å². The van der Waals surface area contributed by atoms with Crippen molar-refractivity contribution in [2.45, 2.75) is 71.5 Å². The number of hydrogen-bond donors (Lipinski definition) is 3. The molecule has 0 fully saturated rings. The molecule has 0 saturated carbocycles. The highest BCUT2D eigenvalue weighted by atomic mass is 16.5. The van der Waals surface area contributed by atoms with Gasteiger partial charge in [-0.25, -0.2) is 0 Å². The lowest BCUT2D eigenvalue weighted by Crippen LogP contribution is -2.54. The number of ether oxygens (including phenoxy) is 2. The number of methoxy groups -OCH3 is 1. The normalized spacial score (nSPS) is 20.0. The molecule has 4 amide bonds. The van der Waals surface area contributed by atoms with Crippen molar-refractivity contribution < 1.29 is 28.7 Å². The fourth-order valence-electron chi connectivity index (χ4n) is 5.13. The second-order valence-electron chi connectivity index (χ2n) is 11.9. The van der Waals surface area contributed by atoms with Crippen LogP contribution in [0.25, 0.3) is 0 Å². The average Bonchev–Trinajstić information content (AvgIpc) is 2.97. The van der Waals surface area contributed by atoms with Gasteiger partial charge >= 0.3 is 0 Å². The zero-order chi connectivity index (χ0) is 31.5. The van der Waals surface area contributed by atoms with Gasteiger partial charge in [-0.2, -0.15) is 0 Å². The van der Waals surface area contributed by atoms with Crippen LogP contribution in [0.2, 0.25) is 0 Å². The maximum Gasteiger partial charge on any atom is 0.255 e. The van der Waals surface area contributed by atoms with Crippen LogP contribution in [-0.2, 0) is 20.8 Å². The standard InChI is InChI=1S/C33H46N4O6/c1-21(2)16-24-20-43-29-13-8-7-12-26(29)31(39)36-27(19-30(38)35-28(17-22(3)4)33(41)37(24)5)32(40)34-15-14-23-10-9-11-25(18-23)42-6/h7-13,18,21-22,24,27-28H,14-17,19-20H2,1-6H3,(H,34,40)(H,35,38)(H,36,39)/t24-,27-,28+/m0/s1. The first kappa shape index (κ1) is 33.4. The number of rotatable bonds is 9. The molecule has 0 unspecified atom stereocenters. The molecule has 10 heteroatoms. The Kier molecular flexibility index (Phi) is 12.4. The lowest BCUT2D eigenvalue weighted by molar-refractivity contribution is -0.138. The topological polar surface area (TPSA) is 126 Å². The number of hydrogen-bond acceptors (Lipinski definition) is 6. The van der Waals surface area contributed by atoms with Gasteiger partial charge in [-0.05, 0) is 60.9 Å².